The van der Waals surface area contributed by atoms with Gasteiger partial charge in [-0.05, 0) is 25.7 Å². The maximum absolute atomic E-state index is 4.30. The number of rotatable bonds is 5. The third kappa shape index (κ3) is 3.14. The predicted octanol–water partition coefficient (Wildman–Crippen LogP) is 3.07. The molecule has 0 bridgehead atoms. The third-order valence-electron chi connectivity index (χ3n) is 4.38. The fraction of sp³-hybridized carbons (Fsp3) is 0.800. The lowest BCUT2D eigenvalue weighted by atomic mass is 10.1. The van der Waals surface area contributed by atoms with Crippen molar-refractivity contribution in [3.63, 3.8) is 0 Å². The van der Waals surface area contributed by atoms with E-state index in [1.54, 1.807) is 0 Å². The van der Waals surface area contributed by atoms with E-state index in [0.717, 1.165) is 25.0 Å². The lowest BCUT2D eigenvalue weighted by Gasteiger charge is -2.17. The van der Waals surface area contributed by atoms with Crippen molar-refractivity contribution < 1.29 is 0 Å². The maximum Gasteiger partial charge on any atom is 0.0948 e. The molecule has 2 aliphatic rings. The third-order valence-corrected chi connectivity index (χ3v) is 4.38. The molecule has 0 aromatic carbocycles. The van der Waals surface area contributed by atoms with E-state index in [1.807, 2.05) is 6.33 Å². The van der Waals surface area contributed by atoms with Gasteiger partial charge >= 0.3 is 0 Å². The zero-order valence-electron chi connectivity index (χ0n) is 11.3. The molecule has 2 fully saturated rings. The van der Waals surface area contributed by atoms with Crippen LogP contribution in [-0.4, -0.2) is 22.1 Å². The summed E-state index contributed by atoms with van der Waals surface area (Å²) in [5, 5.41) is 3.74. The highest BCUT2D eigenvalue weighted by Gasteiger charge is 2.26. The number of imidazole rings is 1. The summed E-state index contributed by atoms with van der Waals surface area (Å²) in [5.41, 5.74) is 1.46. The largest absolute Gasteiger partial charge is 0.333 e. The van der Waals surface area contributed by atoms with Crippen LogP contribution in [0, 0.1) is 0 Å². The lowest BCUT2D eigenvalue weighted by Crippen LogP contribution is -2.31. The lowest BCUT2D eigenvalue weighted by molar-refractivity contribution is 0.443. The number of nitrogens with one attached hydrogen (secondary N) is 1. The Balaban J connectivity index is 1.44. The summed E-state index contributed by atoms with van der Waals surface area (Å²) in [4.78, 5) is 4.30. The van der Waals surface area contributed by atoms with Crippen LogP contribution in [0.1, 0.15) is 63.0 Å². The first-order valence-corrected chi connectivity index (χ1v) is 7.67. The topological polar surface area (TPSA) is 29.9 Å². The zero-order chi connectivity index (χ0) is 12.2. The molecular weight excluding hydrogens is 222 g/mol. The second-order valence-corrected chi connectivity index (χ2v) is 5.93. The number of hydrogen-bond acceptors (Lipinski definition) is 2. The Morgan fingerprint density at radius 3 is 2.61 bits per heavy atom. The summed E-state index contributed by atoms with van der Waals surface area (Å²) in [6, 6.07) is 0.764. The Hall–Kier alpha value is -0.830. The van der Waals surface area contributed by atoms with Gasteiger partial charge in [-0.25, -0.2) is 4.98 Å². The molecular formula is C15H25N3. The first-order chi connectivity index (χ1) is 8.93. The van der Waals surface area contributed by atoms with E-state index >= 15 is 0 Å². The quantitative estimate of drug-likeness (QED) is 0.810. The van der Waals surface area contributed by atoms with Crippen LogP contribution in [0.5, 0.6) is 0 Å². The van der Waals surface area contributed by atoms with E-state index in [2.05, 4.69) is 21.1 Å². The zero-order valence-corrected chi connectivity index (χ0v) is 11.3. The van der Waals surface area contributed by atoms with E-state index < -0.39 is 0 Å². The van der Waals surface area contributed by atoms with Crippen LogP contribution < -0.4 is 5.32 Å². The molecule has 3 nitrogen and oxygen atoms in total. The van der Waals surface area contributed by atoms with E-state index in [-0.39, 0.29) is 0 Å². The van der Waals surface area contributed by atoms with Crippen LogP contribution in [0.2, 0.25) is 0 Å². The average Bonchev–Trinajstić information content (AvgIpc) is 3.16. The molecule has 2 aliphatic carbocycles. The number of hydrogen-bond donors (Lipinski definition) is 1. The summed E-state index contributed by atoms with van der Waals surface area (Å²) in [7, 11) is 0. The minimum Gasteiger partial charge on any atom is -0.333 e. The van der Waals surface area contributed by atoms with Gasteiger partial charge in [0, 0.05) is 36.9 Å². The molecule has 0 atom stereocenters. The van der Waals surface area contributed by atoms with Gasteiger partial charge in [-0.3, -0.25) is 0 Å². The first-order valence-electron chi connectivity index (χ1n) is 7.67. The molecule has 3 rings (SSSR count). The molecule has 0 spiro atoms. The van der Waals surface area contributed by atoms with Crippen LogP contribution >= 0.6 is 0 Å². The molecule has 0 unspecified atom stereocenters. The Labute approximate surface area is 110 Å². The van der Waals surface area contributed by atoms with Gasteiger partial charge in [-0.1, -0.05) is 25.7 Å². The summed E-state index contributed by atoms with van der Waals surface area (Å²) in [6.07, 6.45) is 15.2. The Kier molecular flexibility index (Phi) is 3.99. The van der Waals surface area contributed by atoms with Crippen molar-refractivity contribution in [1.29, 1.82) is 0 Å². The van der Waals surface area contributed by atoms with Crippen molar-refractivity contribution in [2.75, 3.05) is 6.54 Å². The minimum absolute atomic E-state index is 0.764. The van der Waals surface area contributed by atoms with E-state index in [4.69, 9.17) is 0 Å². The first kappa shape index (κ1) is 12.2. The smallest absolute Gasteiger partial charge is 0.0948 e. The Bertz CT molecular complexity index is 360. The number of aromatic nitrogens is 2. The van der Waals surface area contributed by atoms with Crippen LogP contribution in [0.3, 0.4) is 0 Å². The highest BCUT2D eigenvalue weighted by Crippen LogP contribution is 2.39. The van der Waals surface area contributed by atoms with Crippen LogP contribution in [0.25, 0.3) is 0 Å². The normalized spacial score (nSPS) is 22.0. The predicted molar refractivity (Wildman–Crippen MR) is 73.7 cm³/mol. The van der Waals surface area contributed by atoms with Crippen molar-refractivity contribution in [1.82, 2.24) is 14.9 Å². The van der Waals surface area contributed by atoms with E-state index in [9.17, 15) is 0 Å². The molecule has 2 saturated carbocycles. The van der Waals surface area contributed by atoms with Crippen LogP contribution in [0.15, 0.2) is 12.5 Å². The van der Waals surface area contributed by atoms with Gasteiger partial charge in [0.15, 0.2) is 0 Å². The fourth-order valence-corrected chi connectivity index (χ4v) is 3.11. The van der Waals surface area contributed by atoms with Crippen molar-refractivity contribution in [3.8, 4) is 0 Å². The summed E-state index contributed by atoms with van der Waals surface area (Å²) in [6.45, 7) is 2.18. The Morgan fingerprint density at radius 2 is 1.89 bits per heavy atom. The van der Waals surface area contributed by atoms with Gasteiger partial charge in [0.1, 0.15) is 0 Å². The highest BCUT2D eigenvalue weighted by atomic mass is 15.1. The molecule has 0 radical (unpaired) electrons. The van der Waals surface area contributed by atoms with Crippen molar-refractivity contribution in [2.24, 2.45) is 0 Å². The second kappa shape index (κ2) is 5.87. The average molecular weight is 247 g/mol. The summed E-state index contributed by atoms with van der Waals surface area (Å²) >= 11 is 0. The molecule has 0 amide bonds. The van der Waals surface area contributed by atoms with Gasteiger partial charge in [0.25, 0.3) is 0 Å². The van der Waals surface area contributed by atoms with Gasteiger partial charge in [-0.2, -0.15) is 0 Å². The molecule has 100 valence electrons. The maximum atomic E-state index is 4.30. The standard InChI is InChI=1S/C15H25N3/c1-2-4-6-14(5-3-1)17-9-10-18-12-16-11-15(18)13-7-8-13/h11-14,17H,1-10H2. The second-order valence-electron chi connectivity index (χ2n) is 5.93. The molecule has 0 aliphatic heterocycles. The van der Waals surface area contributed by atoms with Gasteiger partial charge in [0.2, 0.25) is 0 Å². The van der Waals surface area contributed by atoms with E-state index in [1.165, 1.54) is 57.1 Å². The fourth-order valence-electron chi connectivity index (χ4n) is 3.11. The summed E-state index contributed by atoms with van der Waals surface area (Å²) in [5.74, 6) is 0.811. The van der Waals surface area contributed by atoms with Crippen molar-refractivity contribution in [2.45, 2.75) is 69.9 Å². The number of nitrogens with zero attached hydrogens (tertiary/aromatic N) is 2. The van der Waals surface area contributed by atoms with Gasteiger partial charge in [0.05, 0.1) is 6.33 Å². The summed E-state index contributed by atoms with van der Waals surface area (Å²) < 4.78 is 2.35. The van der Waals surface area contributed by atoms with Gasteiger partial charge < -0.3 is 9.88 Å². The molecule has 3 heteroatoms. The van der Waals surface area contributed by atoms with Crippen molar-refractivity contribution in [3.05, 3.63) is 18.2 Å². The molecule has 1 N–H and O–H groups in total. The van der Waals surface area contributed by atoms with Crippen molar-refractivity contribution >= 4 is 0 Å². The van der Waals surface area contributed by atoms with E-state index in [0.29, 0.717) is 0 Å². The van der Waals surface area contributed by atoms with Crippen LogP contribution in [0.4, 0.5) is 0 Å². The van der Waals surface area contributed by atoms with Gasteiger partial charge in [-0.15, -0.1) is 0 Å². The highest BCUT2D eigenvalue weighted by molar-refractivity contribution is 5.12. The van der Waals surface area contributed by atoms with Crippen LogP contribution in [-0.2, 0) is 6.54 Å². The molecule has 1 aromatic heterocycles. The molecule has 1 aromatic rings. The SMILES string of the molecule is c1ncn(CCNC2CCCCCC2)c1C1CC1. The minimum atomic E-state index is 0.764. The molecule has 18 heavy (non-hydrogen) atoms. The monoisotopic (exact) mass is 247 g/mol. The molecule has 0 saturated heterocycles. The molecule has 1 heterocycles. The Morgan fingerprint density at radius 1 is 1.11 bits per heavy atom.